The Morgan fingerprint density at radius 3 is 2.69 bits per heavy atom. The molecule has 2 heteroatoms. The van der Waals surface area contributed by atoms with E-state index >= 15 is 0 Å². The fraction of sp³-hybridized carbons (Fsp3) is 1.00. The van der Waals surface area contributed by atoms with Crippen LogP contribution in [0.3, 0.4) is 0 Å². The molecule has 2 nitrogen and oxygen atoms in total. The second-order valence-electron chi connectivity index (χ2n) is 4.68. The Labute approximate surface area is 81.7 Å². The summed E-state index contributed by atoms with van der Waals surface area (Å²) in [5.41, 5.74) is 0. The summed E-state index contributed by atoms with van der Waals surface area (Å²) in [7, 11) is 0. The minimum absolute atomic E-state index is 0.987. The molecule has 13 heavy (non-hydrogen) atoms. The van der Waals surface area contributed by atoms with Gasteiger partial charge in [0.05, 0.1) is 0 Å². The zero-order valence-electron chi connectivity index (χ0n) is 8.76. The second-order valence-corrected chi connectivity index (χ2v) is 4.68. The van der Waals surface area contributed by atoms with E-state index in [1.807, 2.05) is 0 Å². The third kappa shape index (κ3) is 2.44. The summed E-state index contributed by atoms with van der Waals surface area (Å²) in [6.45, 7) is 8.94. The van der Waals surface area contributed by atoms with Gasteiger partial charge in [0, 0.05) is 6.54 Å². The molecule has 1 unspecified atom stereocenters. The Morgan fingerprint density at radius 1 is 1.31 bits per heavy atom. The van der Waals surface area contributed by atoms with E-state index in [4.69, 9.17) is 0 Å². The largest absolute Gasteiger partial charge is 0.316 e. The summed E-state index contributed by atoms with van der Waals surface area (Å²) in [6, 6.07) is 0. The number of rotatable bonds is 4. The van der Waals surface area contributed by atoms with E-state index in [9.17, 15) is 0 Å². The molecule has 2 aliphatic rings. The fourth-order valence-electron chi connectivity index (χ4n) is 2.37. The molecule has 0 aromatic rings. The monoisotopic (exact) mass is 182 g/mol. The molecule has 2 saturated heterocycles. The van der Waals surface area contributed by atoms with E-state index in [0.29, 0.717) is 0 Å². The molecule has 2 fully saturated rings. The predicted octanol–water partition coefficient (Wildman–Crippen LogP) is 1.33. The number of nitrogens with one attached hydrogen (secondary N) is 1. The smallest absolute Gasteiger partial charge is 0.00100 e. The van der Waals surface area contributed by atoms with Crippen LogP contribution in [-0.4, -0.2) is 37.6 Å². The van der Waals surface area contributed by atoms with Gasteiger partial charge in [0.15, 0.2) is 0 Å². The first kappa shape index (κ1) is 9.47. The highest BCUT2D eigenvalue weighted by molar-refractivity contribution is 4.79. The molecule has 2 heterocycles. The van der Waals surface area contributed by atoms with Crippen LogP contribution in [0.1, 0.15) is 26.2 Å². The normalized spacial score (nSPS) is 30.7. The maximum absolute atomic E-state index is 3.34. The van der Waals surface area contributed by atoms with Crippen molar-refractivity contribution in [3.05, 3.63) is 0 Å². The van der Waals surface area contributed by atoms with Crippen LogP contribution in [0, 0.1) is 11.8 Å². The van der Waals surface area contributed by atoms with Gasteiger partial charge in [-0.15, -0.1) is 0 Å². The van der Waals surface area contributed by atoms with Gasteiger partial charge in [0.25, 0.3) is 0 Å². The quantitative estimate of drug-likeness (QED) is 0.705. The van der Waals surface area contributed by atoms with Crippen LogP contribution in [0.5, 0.6) is 0 Å². The van der Waals surface area contributed by atoms with Gasteiger partial charge >= 0.3 is 0 Å². The SMILES string of the molecule is CCC1CCN(CCC2CNC2)C1. The number of hydrogen-bond acceptors (Lipinski definition) is 2. The molecule has 2 rings (SSSR count). The lowest BCUT2D eigenvalue weighted by Crippen LogP contribution is -2.43. The lowest BCUT2D eigenvalue weighted by molar-refractivity contribution is 0.251. The molecule has 0 bridgehead atoms. The highest BCUT2D eigenvalue weighted by Gasteiger charge is 2.23. The van der Waals surface area contributed by atoms with Gasteiger partial charge in [-0.3, -0.25) is 0 Å². The Balaban J connectivity index is 1.59. The standard InChI is InChI=1S/C11H22N2/c1-2-10-3-5-13(9-10)6-4-11-7-12-8-11/h10-12H,2-9H2,1H3. The van der Waals surface area contributed by atoms with Gasteiger partial charge < -0.3 is 10.2 Å². The molecule has 76 valence electrons. The Bertz CT molecular complexity index is 154. The van der Waals surface area contributed by atoms with Crippen LogP contribution >= 0.6 is 0 Å². The van der Waals surface area contributed by atoms with Crippen LogP contribution in [0.25, 0.3) is 0 Å². The number of nitrogens with zero attached hydrogens (tertiary/aromatic N) is 1. The lowest BCUT2D eigenvalue weighted by atomic mass is 9.99. The molecule has 1 N–H and O–H groups in total. The summed E-state index contributed by atoms with van der Waals surface area (Å²) in [5.74, 6) is 1.99. The van der Waals surface area contributed by atoms with Crippen molar-refractivity contribution in [3.8, 4) is 0 Å². The van der Waals surface area contributed by atoms with E-state index in [1.54, 1.807) is 0 Å². The molecule has 2 aliphatic heterocycles. The van der Waals surface area contributed by atoms with Crippen molar-refractivity contribution in [1.82, 2.24) is 10.2 Å². The zero-order valence-corrected chi connectivity index (χ0v) is 8.76. The Morgan fingerprint density at radius 2 is 2.15 bits per heavy atom. The molecule has 0 aliphatic carbocycles. The maximum Gasteiger partial charge on any atom is 0.00100 e. The third-order valence-corrected chi connectivity index (χ3v) is 3.67. The summed E-state index contributed by atoms with van der Waals surface area (Å²) in [4.78, 5) is 2.66. The minimum Gasteiger partial charge on any atom is -0.316 e. The van der Waals surface area contributed by atoms with Crippen molar-refractivity contribution in [2.75, 3.05) is 32.7 Å². The van der Waals surface area contributed by atoms with Gasteiger partial charge in [-0.25, -0.2) is 0 Å². The highest BCUT2D eigenvalue weighted by atomic mass is 15.1. The summed E-state index contributed by atoms with van der Waals surface area (Å²) in [6.07, 6.45) is 4.24. The fourth-order valence-corrected chi connectivity index (χ4v) is 2.37. The van der Waals surface area contributed by atoms with Gasteiger partial charge in [-0.1, -0.05) is 13.3 Å². The van der Waals surface area contributed by atoms with E-state index in [-0.39, 0.29) is 0 Å². The minimum atomic E-state index is 0.987. The number of hydrogen-bond donors (Lipinski definition) is 1. The predicted molar refractivity (Wildman–Crippen MR) is 55.8 cm³/mol. The van der Waals surface area contributed by atoms with Gasteiger partial charge in [0.2, 0.25) is 0 Å². The zero-order chi connectivity index (χ0) is 9.10. The van der Waals surface area contributed by atoms with Crippen LogP contribution in [-0.2, 0) is 0 Å². The second kappa shape index (κ2) is 4.43. The van der Waals surface area contributed by atoms with Gasteiger partial charge in [-0.05, 0) is 50.9 Å². The average Bonchev–Trinajstić information content (AvgIpc) is 2.49. The molecule has 0 aromatic carbocycles. The van der Waals surface area contributed by atoms with Gasteiger partial charge in [0.1, 0.15) is 0 Å². The van der Waals surface area contributed by atoms with Crippen LogP contribution < -0.4 is 5.32 Å². The molecule has 0 aromatic heterocycles. The molecule has 0 amide bonds. The first-order chi connectivity index (χ1) is 6.38. The molecular formula is C11H22N2. The van der Waals surface area contributed by atoms with Crippen molar-refractivity contribution < 1.29 is 0 Å². The van der Waals surface area contributed by atoms with E-state index in [1.165, 1.54) is 52.0 Å². The lowest BCUT2D eigenvalue weighted by Gasteiger charge is -2.28. The summed E-state index contributed by atoms with van der Waals surface area (Å²) < 4.78 is 0. The average molecular weight is 182 g/mol. The van der Waals surface area contributed by atoms with E-state index in [2.05, 4.69) is 17.1 Å². The maximum atomic E-state index is 3.34. The van der Waals surface area contributed by atoms with Crippen molar-refractivity contribution >= 4 is 0 Å². The van der Waals surface area contributed by atoms with Crippen molar-refractivity contribution in [2.24, 2.45) is 11.8 Å². The first-order valence-corrected chi connectivity index (χ1v) is 5.81. The molecule has 0 radical (unpaired) electrons. The van der Waals surface area contributed by atoms with Crippen LogP contribution in [0.2, 0.25) is 0 Å². The van der Waals surface area contributed by atoms with E-state index in [0.717, 1.165) is 11.8 Å². The molecule has 0 saturated carbocycles. The first-order valence-electron chi connectivity index (χ1n) is 5.81. The van der Waals surface area contributed by atoms with Gasteiger partial charge in [-0.2, -0.15) is 0 Å². The number of likely N-dealkylation sites (tertiary alicyclic amines) is 1. The van der Waals surface area contributed by atoms with E-state index < -0.39 is 0 Å². The topological polar surface area (TPSA) is 15.3 Å². The summed E-state index contributed by atoms with van der Waals surface area (Å²) in [5, 5.41) is 3.34. The van der Waals surface area contributed by atoms with Crippen LogP contribution in [0.15, 0.2) is 0 Å². The van der Waals surface area contributed by atoms with Crippen molar-refractivity contribution in [3.63, 3.8) is 0 Å². The van der Waals surface area contributed by atoms with Crippen LogP contribution in [0.4, 0.5) is 0 Å². The molecular weight excluding hydrogens is 160 g/mol. The molecule has 0 spiro atoms. The third-order valence-electron chi connectivity index (χ3n) is 3.67. The van der Waals surface area contributed by atoms with Crippen molar-refractivity contribution in [2.45, 2.75) is 26.2 Å². The highest BCUT2D eigenvalue weighted by Crippen LogP contribution is 2.20. The Hall–Kier alpha value is -0.0800. The Kier molecular flexibility index (Phi) is 3.23. The van der Waals surface area contributed by atoms with Crippen molar-refractivity contribution in [1.29, 1.82) is 0 Å². The molecule has 1 atom stereocenters. The summed E-state index contributed by atoms with van der Waals surface area (Å²) >= 11 is 0.